The molecule has 0 spiro atoms. The lowest BCUT2D eigenvalue weighted by Crippen LogP contribution is -2.11. The second kappa shape index (κ2) is 4.15. The highest BCUT2D eigenvalue weighted by Crippen LogP contribution is 2.24. The number of nitrogen functional groups attached to an aromatic ring is 1. The fraction of sp³-hybridized carbons (Fsp3) is 0.222. The van der Waals surface area contributed by atoms with Gasteiger partial charge < -0.3 is 10.2 Å². The van der Waals surface area contributed by atoms with Gasteiger partial charge in [0.2, 0.25) is 11.8 Å². The number of aromatic nitrogens is 4. The molecule has 0 radical (unpaired) electrons. The van der Waals surface area contributed by atoms with E-state index in [4.69, 9.17) is 10.6 Å². The molecule has 0 amide bonds. The molecule has 2 rings (SSSR count). The van der Waals surface area contributed by atoms with E-state index < -0.39 is 0 Å². The average molecular weight is 220 g/mol. The third-order valence-electron chi connectivity index (χ3n) is 2.06. The summed E-state index contributed by atoms with van der Waals surface area (Å²) < 4.78 is 5.48. The first-order valence-corrected chi connectivity index (χ1v) is 4.69. The quantitative estimate of drug-likeness (QED) is 0.524. The van der Waals surface area contributed by atoms with Crippen molar-refractivity contribution in [3.05, 3.63) is 23.7 Å². The average Bonchev–Trinajstić information content (AvgIpc) is 2.67. The molecule has 0 atom stereocenters. The zero-order valence-electron chi connectivity index (χ0n) is 8.98. The molecule has 0 aromatic carbocycles. The van der Waals surface area contributed by atoms with Gasteiger partial charge in [0, 0.05) is 11.8 Å². The van der Waals surface area contributed by atoms with Crippen LogP contribution in [0.15, 0.2) is 12.4 Å². The van der Waals surface area contributed by atoms with Gasteiger partial charge in [0.1, 0.15) is 12.1 Å². The van der Waals surface area contributed by atoms with Crippen LogP contribution >= 0.6 is 0 Å². The van der Waals surface area contributed by atoms with Crippen LogP contribution in [0.2, 0.25) is 0 Å². The lowest BCUT2D eigenvalue weighted by molar-refractivity contribution is 0.439. The van der Waals surface area contributed by atoms with Crippen LogP contribution < -0.4 is 16.0 Å². The molecule has 0 saturated carbocycles. The zero-order chi connectivity index (χ0) is 11.5. The molecular formula is C9H12N6O. The number of aryl methyl sites for hydroxylation is 1. The van der Waals surface area contributed by atoms with E-state index in [9.17, 15) is 0 Å². The summed E-state index contributed by atoms with van der Waals surface area (Å²) in [6, 6.07) is 1.77. The molecule has 0 aliphatic rings. The fourth-order valence-electron chi connectivity index (χ4n) is 1.23. The van der Waals surface area contributed by atoms with Crippen molar-refractivity contribution >= 4 is 5.82 Å². The summed E-state index contributed by atoms with van der Waals surface area (Å²) in [5.74, 6) is 6.71. The number of rotatable bonds is 3. The first-order chi connectivity index (χ1) is 7.70. The van der Waals surface area contributed by atoms with Crippen molar-refractivity contribution in [1.82, 2.24) is 20.2 Å². The van der Waals surface area contributed by atoms with E-state index >= 15 is 0 Å². The molecule has 16 heavy (non-hydrogen) atoms. The molecule has 2 aromatic heterocycles. The van der Waals surface area contributed by atoms with Gasteiger partial charge in [0.05, 0.1) is 5.56 Å². The van der Waals surface area contributed by atoms with Gasteiger partial charge in [-0.05, 0) is 13.8 Å². The normalized spacial score (nSPS) is 10.2. The maximum atomic E-state index is 5.48. The minimum atomic E-state index is 0.425. The Morgan fingerprint density at radius 1 is 1.38 bits per heavy atom. The van der Waals surface area contributed by atoms with Gasteiger partial charge in [-0.3, -0.25) is 5.10 Å². The van der Waals surface area contributed by atoms with Gasteiger partial charge >= 0.3 is 0 Å². The molecule has 2 heterocycles. The molecule has 0 saturated heterocycles. The number of nitrogens with two attached hydrogens (primary N) is 1. The molecule has 7 nitrogen and oxygen atoms in total. The lowest BCUT2D eigenvalue weighted by Gasteiger charge is -2.07. The zero-order valence-corrected chi connectivity index (χ0v) is 8.98. The number of anilines is 1. The number of H-pyrrole nitrogens is 1. The van der Waals surface area contributed by atoms with Crippen molar-refractivity contribution in [3.8, 4) is 11.8 Å². The summed E-state index contributed by atoms with van der Waals surface area (Å²) in [6.45, 7) is 3.70. The van der Waals surface area contributed by atoms with Gasteiger partial charge in [0.15, 0.2) is 0 Å². The number of nitrogens with zero attached hydrogens (tertiary/aromatic N) is 3. The second-order valence-corrected chi connectivity index (χ2v) is 3.29. The Kier molecular flexibility index (Phi) is 2.69. The van der Waals surface area contributed by atoms with Crippen LogP contribution in [0.4, 0.5) is 5.82 Å². The first kappa shape index (κ1) is 10.4. The Morgan fingerprint density at radius 3 is 2.81 bits per heavy atom. The molecule has 0 aliphatic heterocycles. The van der Waals surface area contributed by atoms with Crippen molar-refractivity contribution in [3.63, 3.8) is 0 Å². The molecule has 0 unspecified atom stereocenters. The maximum Gasteiger partial charge on any atom is 0.240 e. The minimum absolute atomic E-state index is 0.425. The van der Waals surface area contributed by atoms with Gasteiger partial charge in [-0.15, -0.1) is 5.10 Å². The van der Waals surface area contributed by atoms with Crippen molar-refractivity contribution in [1.29, 1.82) is 0 Å². The first-order valence-electron chi connectivity index (χ1n) is 4.69. The molecular weight excluding hydrogens is 208 g/mol. The Bertz CT molecular complexity index is 494. The second-order valence-electron chi connectivity index (χ2n) is 3.29. The summed E-state index contributed by atoms with van der Waals surface area (Å²) >= 11 is 0. The molecule has 84 valence electrons. The summed E-state index contributed by atoms with van der Waals surface area (Å²) in [6.07, 6.45) is 1.37. The third-order valence-corrected chi connectivity index (χ3v) is 2.06. The van der Waals surface area contributed by atoms with E-state index in [2.05, 4.69) is 25.6 Å². The predicted molar refractivity (Wildman–Crippen MR) is 58.0 cm³/mol. The van der Waals surface area contributed by atoms with E-state index in [0.717, 1.165) is 11.3 Å². The van der Waals surface area contributed by atoms with Crippen LogP contribution in [0.25, 0.3) is 0 Å². The van der Waals surface area contributed by atoms with Gasteiger partial charge in [-0.25, -0.2) is 15.8 Å². The molecule has 0 fully saturated rings. The Balaban J connectivity index is 2.28. The monoisotopic (exact) mass is 220 g/mol. The van der Waals surface area contributed by atoms with E-state index in [1.807, 2.05) is 13.8 Å². The van der Waals surface area contributed by atoms with Crippen molar-refractivity contribution in [2.24, 2.45) is 5.84 Å². The molecule has 4 N–H and O–H groups in total. The van der Waals surface area contributed by atoms with Crippen molar-refractivity contribution in [2.45, 2.75) is 13.8 Å². The van der Waals surface area contributed by atoms with Crippen LogP contribution in [-0.4, -0.2) is 20.2 Å². The van der Waals surface area contributed by atoms with Crippen LogP contribution in [0.1, 0.15) is 11.3 Å². The Labute approximate surface area is 92.0 Å². The van der Waals surface area contributed by atoms with Crippen LogP contribution in [0.3, 0.4) is 0 Å². The van der Waals surface area contributed by atoms with E-state index in [0.29, 0.717) is 17.6 Å². The smallest absolute Gasteiger partial charge is 0.240 e. The van der Waals surface area contributed by atoms with Crippen LogP contribution in [0.5, 0.6) is 11.8 Å². The van der Waals surface area contributed by atoms with Crippen LogP contribution in [0, 0.1) is 13.8 Å². The molecule has 0 aliphatic carbocycles. The van der Waals surface area contributed by atoms with Crippen molar-refractivity contribution < 1.29 is 4.74 Å². The van der Waals surface area contributed by atoms with Gasteiger partial charge in [0.25, 0.3) is 0 Å². The van der Waals surface area contributed by atoms with E-state index in [-0.39, 0.29) is 0 Å². The summed E-state index contributed by atoms with van der Waals surface area (Å²) in [5, 5.41) is 6.73. The highest BCUT2D eigenvalue weighted by molar-refractivity contribution is 5.47. The molecule has 0 bridgehead atoms. The fourth-order valence-corrected chi connectivity index (χ4v) is 1.23. The minimum Gasteiger partial charge on any atom is -0.419 e. The van der Waals surface area contributed by atoms with Gasteiger partial charge in [-0.1, -0.05) is 0 Å². The maximum absolute atomic E-state index is 5.48. The Morgan fingerprint density at radius 2 is 2.19 bits per heavy atom. The summed E-state index contributed by atoms with van der Waals surface area (Å²) in [4.78, 5) is 7.96. The topological polar surface area (TPSA) is 102 Å². The highest BCUT2D eigenvalue weighted by Gasteiger charge is 2.09. The largest absolute Gasteiger partial charge is 0.419 e. The number of aromatic amines is 1. The molecule has 7 heteroatoms. The lowest BCUT2D eigenvalue weighted by atomic mass is 10.3. The number of hydrazine groups is 1. The number of ether oxygens (including phenoxy) is 1. The molecule has 2 aromatic rings. The van der Waals surface area contributed by atoms with Gasteiger partial charge in [-0.2, -0.15) is 0 Å². The third kappa shape index (κ3) is 1.94. The number of hydrogen-bond acceptors (Lipinski definition) is 6. The number of nitrogens with one attached hydrogen (secondary N) is 2. The van der Waals surface area contributed by atoms with Crippen LogP contribution in [-0.2, 0) is 0 Å². The predicted octanol–water partition coefficient (Wildman–Crippen LogP) is 0.894. The van der Waals surface area contributed by atoms with Crippen molar-refractivity contribution in [2.75, 3.05) is 5.43 Å². The highest BCUT2D eigenvalue weighted by atomic mass is 16.5. The standard InChI is InChI=1S/C9H12N6O/c1-5-3-7(15-14-5)16-9-6(2)8(13-10)11-4-12-9/h3-4H,10H2,1-2H3,(H,14,15)(H,11,12,13). The summed E-state index contributed by atoms with van der Waals surface area (Å²) in [5.41, 5.74) is 4.11. The summed E-state index contributed by atoms with van der Waals surface area (Å²) in [7, 11) is 0. The number of hydrogen-bond donors (Lipinski definition) is 3. The Hall–Kier alpha value is -2.15. The SMILES string of the molecule is Cc1cc(Oc2ncnc(NN)c2C)n[nH]1. The van der Waals surface area contributed by atoms with E-state index in [1.165, 1.54) is 6.33 Å². The van der Waals surface area contributed by atoms with E-state index in [1.54, 1.807) is 6.07 Å².